The predicted molar refractivity (Wildman–Crippen MR) is 82.7 cm³/mol. The number of amides is 1. The second-order valence-corrected chi connectivity index (χ2v) is 4.97. The van der Waals surface area contributed by atoms with Gasteiger partial charge in [0.1, 0.15) is 6.07 Å². The van der Waals surface area contributed by atoms with Gasteiger partial charge < -0.3 is 20.1 Å². The maximum Gasteiger partial charge on any atom is 0.231 e. The van der Waals surface area contributed by atoms with E-state index in [2.05, 4.69) is 10.5 Å². The third kappa shape index (κ3) is 2.74. The molecule has 0 radical (unpaired) electrons. The molecule has 0 saturated carbocycles. The van der Waals surface area contributed by atoms with Crippen LogP contribution in [0.1, 0.15) is 12.8 Å². The summed E-state index contributed by atoms with van der Waals surface area (Å²) in [6, 6.07) is 5.06. The number of carbonyl (C=O) groups is 1. The van der Waals surface area contributed by atoms with E-state index in [4.69, 9.17) is 25.9 Å². The summed E-state index contributed by atoms with van der Waals surface area (Å²) in [6.07, 6.45) is 1.25. The van der Waals surface area contributed by atoms with E-state index in [1.165, 1.54) is 0 Å². The summed E-state index contributed by atoms with van der Waals surface area (Å²) in [5, 5.41) is 20.0. The molecule has 0 aliphatic carbocycles. The van der Waals surface area contributed by atoms with Crippen LogP contribution in [0, 0.1) is 16.7 Å². The van der Waals surface area contributed by atoms with Crippen molar-refractivity contribution < 1.29 is 14.3 Å². The highest BCUT2D eigenvalue weighted by molar-refractivity contribution is 6.45. The molecule has 1 saturated heterocycles. The first-order valence-corrected chi connectivity index (χ1v) is 6.92. The van der Waals surface area contributed by atoms with Gasteiger partial charge in [0.15, 0.2) is 17.3 Å². The van der Waals surface area contributed by atoms with E-state index in [0.29, 0.717) is 35.8 Å². The highest BCUT2D eigenvalue weighted by Gasteiger charge is 2.27. The Balaban J connectivity index is 1.99. The van der Waals surface area contributed by atoms with Crippen LogP contribution in [0.2, 0.25) is 0 Å². The predicted octanol–water partition coefficient (Wildman–Crippen LogP) is 0.770. The molecular formula is C14H14N6O3. The lowest BCUT2D eigenvalue weighted by Gasteiger charge is -2.19. The smallest absolute Gasteiger partial charge is 0.231 e. The fraction of sp³-hybridized carbons (Fsp3) is 0.286. The van der Waals surface area contributed by atoms with Crippen LogP contribution in [0.25, 0.3) is 0 Å². The van der Waals surface area contributed by atoms with E-state index >= 15 is 0 Å². The second kappa shape index (κ2) is 5.84. The Morgan fingerprint density at radius 3 is 2.78 bits per heavy atom. The normalized spacial score (nSPS) is 16.4. The maximum atomic E-state index is 12.0. The molecule has 118 valence electrons. The van der Waals surface area contributed by atoms with Crippen molar-refractivity contribution >= 4 is 28.8 Å². The Hall–Kier alpha value is -3.28. The molecule has 0 aromatic heterocycles. The standard InChI is InChI=1S/C14H14N6O3/c15-6-9(14(16)17)19-18-8-4-11-12(23-7-22-11)5-10(8)20-3-1-2-13(20)21/h4-5,18H,1-3,7H2,(H3,16,17)/b19-9+. The number of hydrazone groups is 1. The van der Waals surface area contributed by atoms with E-state index < -0.39 is 5.84 Å². The molecule has 4 N–H and O–H groups in total. The number of anilines is 2. The first-order chi connectivity index (χ1) is 11.1. The Morgan fingerprint density at radius 1 is 1.43 bits per heavy atom. The van der Waals surface area contributed by atoms with Gasteiger partial charge in [-0.25, -0.2) is 0 Å². The first kappa shape index (κ1) is 14.6. The third-order valence-electron chi connectivity index (χ3n) is 3.50. The molecule has 1 amide bonds. The van der Waals surface area contributed by atoms with Crippen LogP contribution in [0.4, 0.5) is 11.4 Å². The molecule has 3 rings (SSSR count). The van der Waals surface area contributed by atoms with Gasteiger partial charge in [0, 0.05) is 25.1 Å². The summed E-state index contributed by atoms with van der Waals surface area (Å²) >= 11 is 0. The molecule has 0 atom stereocenters. The molecule has 1 aromatic carbocycles. The summed E-state index contributed by atoms with van der Waals surface area (Å²) in [5.41, 5.74) is 8.76. The lowest BCUT2D eigenvalue weighted by atomic mass is 10.2. The highest BCUT2D eigenvalue weighted by Crippen LogP contribution is 2.42. The van der Waals surface area contributed by atoms with Gasteiger partial charge in [0.05, 0.1) is 11.4 Å². The zero-order valence-electron chi connectivity index (χ0n) is 12.1. The van der Waals surface area contributed by atoms with Crippen molar-refractivity contribution in [1.29, 1.82) is 10.7 Å². The van der Waals surface area contributed by atoms with Gasteiger partial charge in [-0.2, -0.15) is 10.4 Å². The van der Waals surface area contributed by atoms with E-state index in [1.54, 1.807) is 23.1 Å². The van der Waals surface area contributed by atoms with Gasteiger partial charge in [0.25, 0.3) is 0 Å². The minimum Gasteiger partial charge on any atom is -0.454 e. The lowest BCUT2D eigenvalue weighted by Crippen LogP contribution is -2.25. The Bertz CT molecular complexity index is 752. The van der Waals surface area contributed by atoms with Crippen LogP contribution < -0.4 is 25.5 Å². The number of carbonyl (C=O) groups excluding carboxylic acids is 1. The van der Waals surface area contributed by atoms with Crippen LogP contribution in [-0.4, -0.2) is 30.8 Å². The van der Waals surface area contributed by atoms with Crippen molar-refractivity contribution in [3.05, 3.63) is 12.1 Å². The van der Waals surface area contributed by atoms with Gasteiger partial charge >= 0.3 is 0 Å². The van der Waals surface area contributed by atoms with E-state index in [9.17, 15) is 4.79 Å². The van der Waals surface area contributed by atoms with E-state index in [0.717, 1.165) is 6.42 Å². The largest absolute Gasteiger partial charge is 0.454 e. The van der Waals surface area contributed by atoms with Crippen LogP contribution in [0.3, 0.4) is 0 Å². The molecule has 0 bridgehead atoms. The van der Waals surface area contributed by atoms with Gasteiger partial charge in [-0.3, -0.25) is 15.6 Å². The monoisotopic (exact) mass is 314 g/mol. The number of rotatable bonds is 4. The number of nitrogens with zero attached hydrogens (tertiary/aromatic N) is 3. The number of amidine groups is 1. The van der Waals surface area contributed by atoms with E-state index in [1.807, 2.05) is 0 Å². The van der Waals surface area contributed by atoms with Gasteiger partial charge in [-0.1, -0.05) is 0 Å². The Kier molecular flexibility index (Phi) is 3.72. The summed E-state index contributed by atoms with van der Waals surface area (Å²) in [5.74, 6) is 0.614. The number of benzene rings is 1. The van der Waals surface area contributed by atoms with Crippen molar-refractivity contribution in [2.24, 2.45) is 10.8 Å². The molecule has 9 heteroatoms. The Labute approximate surface area is 131 Å². The zero-order valence-corrected chi connectivity index (χ0v) is 12.1. The first-order valence-electron chi connectivity index (χ1n) is 6.92. The number of nitriles is 1. The van der Waals surface area contributed by atoms with Crippen molar-refractivity contribution in [3.8, 4) is 17.6 Å². The van der Waals surface area contributed by atoms with Crippen molar-refractivity contribution in [2.75, 3.05) is 23.7 Å². The SMILES string of the molecule is N#C/C(=N\Nc1cc2c(cc1N1CCCC1=O)OCO2)C(=N)N. The van der Waals surface area contributed by atoms with Crippen LogP contribution in [-0.2, 0) is 4.79 Å². The number of nitrogens with two attached hydrogens (primary N) is 1. The Morgan fingerprint density at radius 2 is 2.17 bits per heavy atom. The molecule has 1 aromatic rings. The highest BCUT2D eigenvalue weighted by atomic mass is 16.7. The average Bonchev–Trinajstić information content (AvgIpc) is 3.14. The summed E-state index contributed by atoms with van der Waals surface area (Å²) in [6.45, 7) is 0.695. The number of fused-ring (bicyclic) bond motifs is 1. The van der Waals surface area contributed by atoms with Crippen molar-refractivity contribution in [3.63, 3.8) is 0 Å². The molecule has 9 nitrogen and oxygen atoms in total. The molecule has 0 unspecified atom stereocenters. The quantitative estimate of drug-likeness (QED) is 0.426. The maximum absolute atomic E-state index is 12.0. The van der Waals surface area contributed by atoms with E-state index in [-0.39, 0.29) is 18.4 Å². The average molecular weight is 314 g/mol. The summed E-state index contributed by atoms with van der Waals surface area (Å²) in [7, 11) is 0. The molecule has 2 aliphatic rings. The minimum absolute atomic E-state index is 0.00275. The zero-order chi connectivity index (χ0) is 16.4. The molecule has 23 heavy (non-hydrogen) atoms. The number of hydrogen-bond acceptors (Lipinski definition) is 7. The topological polar surface area (TPSA) is 137 Å². The molecule has 2 aliphatic heterocycles. The fourth-order valence-electron chi connectivity index (χ4n) is 2.41. The number of hydrogen-bond donors (Lipinski definition) is 3. The minimum atomic E-state index is -0.445. The molecule has 1 fully saturated rings. The fourth-order valence-corrected chi connectivity index (χ4v) is 2.41. The second-order valence-electron chi connectivity index (χ2n) is 4.97. The van der Waals surface area contributed by atoms with Gasteiger partial charge in [-0.05, 0) is 6.42 Å². The number of nitrogens with one attached hydrogen (secondary N) is 2. The van der Waals surface area contributed by atoms with Crippen molar-refractivity contribution in [2.45, 2.75) is 12.8 Å². The summed E-state index contributed by atoms with van der Waals surface area (Å²) < 4.78 is 10.7. The lowest BCUT2D eigenvalue weighted by molar-refractivity contribution is -0.117. The van der Waals surface area contributed by atoms with Crippen LogP contribution >= 0.6 is 0 Å². The molecule has 0 spiro atoms. The van der Waals surface area contributed by atoms with Crippen LogP contribution in [0.15, 0.2) is 17.2 Å². The molecule has 2 heterocycles. The van der Waals surface area contributed by atoms with Gasteiger partial charge in [0.2, 0.25) is 18.4 Å². The third-order valence-corrected chi connectivity index (χ3v) is 3.50. The van der Waals surface area contributed by atoms with Gasteiger partial charge in [-0.15, -0.1) is 0 Å². The summed E-state index contributed by atoms with van der Waals surface area (Å²) in [4.78, 5) is 13.6. The van der Waals surface area contributed by atoms with Crippen LogP contribution in [0.5, 0.6) is 11.5 Å². The van der Waals surface area contributed by atoms with Crippen molar-refractivity contribution in [1.82, 2.24) is 0 Å². The number of ether oxygens (including phenoxy) is 2. The molecular weight excluding hydrogens is 300 g/mol.